The summed E-state index contributed by atoms with van der Waals surface area (Å²) in [6, 6.07) is 19.9. The van der Waals surface area contributed by atoms with Crippen molar-refractivity contribution in [1.82, 2.24) is 4.90 Å². The van der Waals surface area contributed by atoms with Crippen LogP contribution >= 0.6 is 0 Å². The van der Waals surface area contributed by atoms with Crippen molar-refractivity contribution in [3.63, 3.8) is 0 Å². The molecule has 0 spiro atoms. The van der Waals surface area contributed by atoms with Crippen molar-refractivity contribution >= 4 is 5.97 Å². The summed E-state index contributed by atoms with van der Waals surface area (Å²) in [6.07, 6.45) is 2.80. The zero-order valence-corrected chi connectivity index (χ0v) is 29.3. The van der Waals surface area contributed by atoms with Gasteiger partial charge in [0, 0.05) is 25.4 Å². The summed E-state index contributed by atoms with van der Waals surface area (Å²) in [5.41, 5.74) is 6.29. The first-order valence-corrected chi connectivity index (χ1v) is 17.1. The number of methoxy groups -OCH3 is 3. The molecule has 4 aromatic rings. The van der Waals surface area contributed by atoms with Crippen LogP contribution in [-0.2, 0) is 30.5 Å². The number of phenols is 1. The van der Waals surface area contributed by atoms with Crippen LogP contribution in [0.25, 0.3) is 0 Å². The minimum atomic E-state index is -0.853. The molecule has 6 bridgehead atoms. The van der Waals surface area contributed by atoms with E-state index in [1.54, 1.807) is 14.2 Å². The number of carboxylic acids is 1. The fraction of sp³-hybridized carbons (Fsp3) is 0.375. The fourth-order valence-electron chi connectivity index (χ4n) is 7.95. The summed E-state index contributed by atoms with van der Waals surface area (Å²) in [5.74, 6) is 2.62. The van der Waals surface area contributed by atoms with E-state index in [1.165, 1.54) is 18.2 Å². The van der Waals surface area contributed by atoms with E-state index in [0.29, 0.717) is 70.7 Å². The smallest absolute Gasteiger partial charge is 0.309 e. The Labute approximate surface area is 292 Å². The van der Waals surface area contributed by atoms with Crippen LogP contribution in [0.15, 0.2) is 60.7 Å². The molecule has 0 aliphatic carbocycles. The number of ether oxygens (including phenoxy) is 5. The third-order valence-corrected chi connectivity index (χ3v) is 10.9. The number of fused-ring (bicyclic) bond motifs is 2. The van der Waals surface area contributed by atoms with Crippen LogP contribution in [-0.4, -0.2) is 80.6 Å². The van der Waals surface area contributed by atoms with Crippen LogP contribution in [0.5, 0.6) is 46.0 Å². The van der Waals surface area contributed by atoms with Gasteiger partial charge in [-0.3, -0.25) is 9.69 Å². The summed E-state index contributed by atoms with van der Waals surface area (Å²) in [4.78, 5) is 14.3. The molecule has 0 aromatic heterocycles. The summed E-state index contributed by atoms with van der Waals surface area (Å²) >= 11 is 0. The van der Waals surface area contributed by atoms with Crippen molar-refractivity contribution < 1.29 is 43.2 Å². The van der Waals surface area contributed by atoms with Gasteiger partial charge in [-0.1, -0.05) is 18.2 Å². The molecule has 8 rings (SSSR count). The minimum absolute atomic E-state index is 0.00117. The van der Waals surface area contributed by atoms with E-state index in [2.05, 4.69) is 43.3 Å². The molecular weight excluding hydrogens is 636 g/mol. The van der Waals surface area contributed by atoms with E-state index in [4.69, 9.17) is 23.7 Å². The van der Waals surface area contributed by atoms with Gasteiger partial charge in [0.25, 0.3) is 0 Å². The van der Waals surface area contributed by atoms with E-state index in [0.717, 1.165) is 41.6 Å². The van der Waals surface area contributed by atoms with Gasteiger partial charge in [-0.15, -0.1) is 0 Å². The zero-order chi connectivity index (χ0) is 35.2. The van der Waals surface area contributed by atoms with Crippen LogP contribution in [0.2, 0.25) is 0 Å². The lowest BCUT2D eigenvalue weighted by Crippen LogP contribution is -2.53. The predicted octanol–water partition coefficient (Wildman–Crippen LogP) is 6.85. The summed E-state index contributed by atoms with van der Waals surface area (Å²) < 4.78 is 31.1. The molecule has 4 aromatic carbocycles. The number of likely N-dealkylation sites (N-methyl/N-ethyl adjacent to an activating group) is 2. The molecule has 3 atom stereocenters. The molecule has 0 saturated carbocycles. The van der Waals surface area contributed by atoms with Crippen molar-refractivity contribution in [1.29, 1.82) is 0 Å². The highest BCUT2D eigenvalue weighted by Crippen LogP contribution is 2.53. The van der Waals surface area contributed by atoms with E-state index >= 15 is 0 Å². The van der Waals surface area contributed by atoms with Gasteiger partial charge < -0.3 is 38.4 Å². The van der Waals surface area contributed by atoms with Crippen molar-refractivity contribution in [3.8, 4) is 46.0 Å². The van der Waals surface area contributed by atoms with Gasteiger partial charge in [-0.25, -0.2) is 0 Å². The maximum Gasteiger partial charge on any atom is 0.309 e. The average Bonchev–Trinajstić information content (AvgIpc) is 3.11. The Hall–Kier alpha value is -4.93. The normalized spacial score (nSPS) is 21.1. The Bertz CT molecular complexity index is 1930. The number of rotatable bonds is 6. The Morgan fingerprint density at radius 1 is 0.860 bits per heavy atom. The summed E-state index contributed by atoms with van der Waals surface area (Å²) in [7, 11) is 9.03. The van der Waals surface area contributed by atoms with Gasteiger partial charge in [0.2, 0.25) is 5.75 Å². The van der Waals surface area contributed by atoms with Gasteiger partial charge >= 0.3 is 5.97 Å². The number of carbonyl (C=O) groups is 1. The Morgan fingerprint density at radius 3 is 2.28 bits per heavy atom. The number of phenolic OH excluding ortho intramolecular Hbond substituents is 1. The number of hydrogen-bond donors (Lipinski definition) is 2. The topological polar surface area (TPSA) is 107 Å². The molecule has 262 valence electrons. The SMILES string of the molecule is COc1ccc2cc1Oc1ccc(cc1)CC1c3cc(c(OC)cc3CCN1C)Oc1c(O)c(OC)cc3c1C(C2)[N+](C)(CCC(=O)O)CC3. The first kappa shape index (κ1) is 33.6. The van der Waals surface area contributed by atoms with E-state index in [1.807, 2.05) is 36.4 Å². The quantitative estimate of drug-likeness (QED) is 0.212. The fourth-order valence-corrected chi connectivity index (χ4v) is 7.95. The van der Waals surface area contributed by atoms with E-state index < -0.39 is 5.97 Å². The maximum absolute atomic E-state index is 11.9. The first-order chi connectivity index (χ1) is 24.1. The molecule has 4 aliphatic rings. The van der Waals surface area contributed by atoms with Crippen molar-refractivity contribution in [2.45, 2.75) is 44.2 Å². The summed E-state index contributed by atoms with van der Waals surface area (Å²) in [5, 5.41) is 21.6. The average molecular weight is 682 g/mol. The molecule has 0 fully saturated rings. The predicted molar refractivity (Wildman–Crippen MR) is 188 cm³/mol. The first-order valence-electron chi connectivity index (χ1n) is 17.1. The van der Waals surface area contributed by atoms with Crippen molar-refractivity contribution in [3.05, 3.63) is 94.0 Å². The Morgan fingerprint density at radius 2 is 1.56 bits per heavy atom. The van der Waals surface area contributed by atoms with Crippen LogP contribution < -0.4 is 23.7 Å². The van der Waals surface area contributed by atoms with Crippen LogP contribution in [0, 0.1) is 0 Å². The molecule has 0 amide bonds. The number of aliphatic carboxylic acids is 1. The molecule has 2 N–H and O–H groups in total. The molecule has 10 heteroatoms. The molecule has 10 nitrogen and oxygen atoms in total. The molecule has 50 heavy (non-hydrogen) atoms. The molecular formula is C40H45N2O8+. The van der Waals surface area contributed by atoms with Gasteiger partial charge in [0.05, 0.1) is 53.5 Å². The van der Waals surface area contributed by atoms with Gasteiger partial charge in [0.1, 0.15) is 11.8 Å². The molecule has 3 unspecified atom stereocenters. The number of quaternary nitrogens is 1. The Balaban J connectivity index is 1.48. The van der Waals surface area contributed by atoms with Crippen LogP contribution in [0.3, 0.4) is 0 Å². The lowest BCUT2D eigenvalue weighted by Gasteiger charge is -2.46. The third kappa shape index (κ3) is 6.18. The molecule has 0 saturated heterocycles. The van der Waals surface area contributed by atoms with Gasteiger partial charge in [0.15, 0.2) is 34.5 Å². The van der Waals surface area contributed by atoms with Crippen molar-refractivity contribution in [2.75, 3.05) is 55.1 Å². The van der Waals surface area contributed by atoms with E-state index in [-0.39, 0.29) is 24.3 Å². The molecule has 0 radical (unpaired) electrons. The van der Waals surface area contributed by atoms with E-state index in [9.17, 15) is 15.0 Å². The zero-order valence-electron chi connectivity index (χ0n) is 29.3. The molecule has 4 heterocycles. The monoisotopic (exact) mass is 681 g/mol. The van der Waals surface area contributed by atoms with Gasteiger partial charge in [-0.05, 0) is 90.2 Å². The Kier molecular flexibility index (Phi) is 9.00. The second-order valence-corrected chi connectivity index (χ2v) is 13.9. The number of benzene rings is 4. The lowest BCUT2D eigenvalue weighted by atomic mass is 9.85. The second kappa shape index (κ2) is 13.4. The highest BCUT2D eigenvalue weighted by molar-refractivity contribution is 5.67. The second-order valence-electron chi connectivity index (χ2n) is 13.9. The summed E-state index contributed by atoms with van der Waals surface area (Å²) in [6.45, 7) is 1.99. The lowest BCUT2D eigenvalue weighted by molar-refractivity contribution is -0.940. The third-order valence-electron chi connectivity index (χ3n) is 10.9. The number of carboxylic acid groups (broad SMARTS) is 1. The minimum Gasteiger partial charge on any atom is -0.502 e. The van der Waals surface area contributed by atoms with Crippen LogP contribution in [0.1, 0.15) is 51.9 Å². The number of nitrogens with zero attached hydrogens (tertiary/aromatic N) is 2. The highest BCUT2D eigenvalue weighted by Gasteiger charge is 2.43. The standard InChI is InChI=1S/C40H44N2O8/c1-41-15-12-26-21-33(47-4)35-23-29(26)30(41)18-24-6-9-28(10-7-24)49-34-20-25(8-11-32(34)46-3)19-31-38-27(13-16-42(31,2)17-14-37(43)44)22-36(48-5)39(45)40(38)50-35/h6-11,20-23,30-31H,12-19H2,1-5H3,(H-,43,44,45)/p+1. The number of aromatic hydroxyl groups is 1. The van der Waals surface area contributed by atoms with Crippen LogP contribution in [0.4, 0.5) is 0 Å². The van der Waals surface area contributed by atoms with Crippen molar-refractivity contribution in [2.24, 2.45) is 0 Å². The molecule has 4 aliphatic heterocycles. The largest absolute Gasteiger partial charge is 0.502 e. The highest BCUT2D eigenvalue weighted by atomic mass is 16.5. The maximum atomic E-state index is 11.9. The number of hydrogen-bond acceptors (Lipinski definition) is 8. The van der Waals surface area contributed by atoms with Gasteiger partial charge in [-0.2, -0.15) is 0 Å².